The number of urea groups is 1. The fraction of sp³-hybridized carbons (Fsp3) is 0.500. The molecule has 2 aliphatic heterocycles. The average Bonchev–Trinajstić information content (AvgIpc) is 2.87. The molecule has 2 aliphatic rings. The molecular formula is C22H26F3N7O5. The summed E-state index contributed by atoms with van der Waals surface area (Å²) in [5, 5.41) is 22.7. The van der Waals surface area contributed by atoms with Gasteiger partial charge in [-0.1, -0.05) is 0 Å². The van der Waals surface area contributed by atoms with Gasteiger partial charge in [-0.05, 0) is 31.9 Å². The van der Waals surface area contributed by atoms with Gasteiger partial charge in [0, 0.05) is 13.1 Å². The van der Waals surface area contributed by atoms with Crippen LogP contribution in [0.3, 0.4) is 0 Å². The molecule has 3 amide bonds. The fourth-order valence-electron chi connectivity index (χ4n) is 3.99. The number of aliphatic hydroxyl groups is 2. The van der Waals surface area contributed by atoms with Crippen LogP contribution in [0.5, 0.6) is 5.75 Å². The van der Waals surface area contributed by atoms with E-state index in [1.54, 1.807) is 0 Å². The van der Waals surface area contributed by atoms with Gasteiger partial charge in [-0.25, -0.2) is 19.7 Å². The lowest BCUT2D eigenvalue weighted by molar-refractivity contribution is -0.149. The van der Waals surface area contributed by atoms with Gasteiger partial charge in [0.2, 0.25) is 5.82 Å². The minimum absolute atomic E-state index is 0.117. The molecule has 0 saturated carbocycles. The number of carbonyl (C=O) groups excluding carboxylic acids is 2. The third-order valence-corrected chi connectivity index (χ3v) is 5.97. The average molecular weight is 525 g/mol. The number of ether oxygens (including phenoxy) is 1. The van der Waals surface area contributed by atoms with Crippen LogP contribution in [0.2, 0.25) is 0 Å². The molecule has 12 nitrogen and oxygen atoms in total. The number of amides is 3. The second-order valence-electron chi connectivity index (χ2n) is 8.71. The highest BCUT2D eigenvalue weighted by Gasteiger charge is 2.40. The highest BCUT2D eigenvalue weighted by molar-refractivity contribution is 6.04. The number of pyridine rings is 1. The molecular weight excluding hydrogens is 499 g/mol. The third kappa shape index (κ3) is 5.99. The SMILES string of the molecule is CC(NC(=O)c1ncc2c(n1)N(C(=O)Nc1ccc(OCC(O)CO)cn1)[C@H]1CCCN2C1)C(F)(F)F. The fourth-order valence-corrected chi connectivity index (χ4v) is 3.99. The van der Waals surface area contributed by atoms with Crippen molar-refractivity contribution in [2.75, 3.05) is 41.4 Å². The van der Waals surface area contributed by atoms with Crippen LogP contribution >= 0.6 is 0 Å². The maximum Gasteiger partial charge on any atom is 0.408 e. The number of nitrogens with zero attached hydrogens (tertiary/aromatic N) is 5. The van der Waals surface area contributed by atoms with Crippen molar-refractivity contribution in [1.82, 2.24) is 20.3 Å². The van der Waals surface area contributed by atoms with Gasteiger partial charge >= 0.3 is 12.2 Å². The van der Waals surface area contributed by atoms with Crippen molar-refractivity contribution < 1.29 is 37.7 Å². The first-order chi connectivity index (χ1) is 17.6. The molecule has 37 heavy (non-hydrogen) atoms. The van der Waals surface area contributed by atoms with Crippen LogP contribution in [0.1, 0.15) is 30.4 Å². The van der Waals surface area contributed by atoms with E-state index in [1.807, 2.05) is 10.2 Å². The van der Waals surface area contributed by atoms with E-state index in [4.69, 9.17) is 9.84 Å². The highest BCUT2D eigenvalue weighted by atomic mass is 19.4. The van der Waals surface area contributed by atoms with Crippen LogP contribution < -0.4 is 25.2 Å². The van der Waals surface area contributed by atoms with E-state index in [2.05, 4.69) is 20.3 Å². The molecule has 0 aliphatic carbocycles. The summed E-state index contributed by atoms with van der Waals surface area (Å²) in [6.45, 7) is 1.42. The summed E-state index contributed by atoms with van der Waals surface area (Å²) in [6.07, 6.45) is -1.55. The molecule has 2 bridgehead atoms. The molecule has 15 heteroatoms. The lowest BCUT2D eigenvalue weighted by Crippen LogP contribution is -2.56. The Morgan fingerprint density at radius 1 is 1.27 bits per heavy atom. The summed E-state index contributed by atoms with van der Waals surface area (Å²) in [5.41, 5.74) is 0.491. The van der Waals surface area contributed by atoms with E-state index < -0.39 is 42.7 Å². The van der Waals surface area contributed by atoms with Gasteiger partial charge in [-0.15, -0.1) is 0 Å². The summed E-state index contributed by atoms with van der Waals surface area (Å²) in [4.78, 5) is 41.3. The summed E-state index contributed by atoms with van der Waals surface area (Å²) >= 11 is 0. The standard InChI is InChI=1S/C22H26F3N7O5/c1-12(22(23,24)25)28-20(35)18-27-8-16-19(30-18)32(13-3-2-6-31(16)9-13)21(36)29-17-5-4-15(7-26-17)37-11-14(34)10-33/h4-5,7-8,12-14,33-34H,2-3,6,9-11H2,1H3,(H,28,35)(H,26,29,36)/t12?,13-,14?/m0/s1. The molecule has 2 unspecified atom stereocenters. The number of hydrogen-bond donors (Lipinski definition) is 4. The van der Waals surface area contributed by atoms with Crippen molar-refractivity contribution in [3.63, 3.8) is 0 Å². The summed E-state index contributed by atoms with van der Waals surface area (Å²) < 4.78 is 44.0. The number of hydrogen-bond acceptors (Lipinski definition) is 9. The van der Waals surface area contributed by atoms with Gasteiger partial charge in [0.15, 0.2) is 5.82 Å². The van der Waals surface area contributed by atoms with Gasteiger partial charge in [0.25, 0.3) is 5.91 Å². The van der Waals surface area contributed by atoms with E-state index in [1.165, 1.54) is 29.4 Å². The van der Waals surface area contributed by atoms with Crippen LogP contribution in [0.4, 0.5) is 35.3 Å². The van der Waals surface area contributed by atoms with E-state index in [0.29, 0.717) is 30.9 Å². The van der Waals surface area contributed by atoms with Crippen LogP contribution in [0.25, 0.3) is 0 Å². The van der Waals surface area contributed by atoms with Gasteiger partial charge in [-0.2, -0.15) is 13.2 Å². The summed E-state index contributed by atoms with van der Waals surface area (Å²) in [6, 6.07) is 0.0220. The van der Waals surface area contributed by atoms with Crippen molar-refractivity contribution in [3.8, 4) is 5.75 Å². The normalized spacial score (nSPS) is 18.5. The lowest BCUT2D eigenvalue weighted by Gasteiger charge is -2.45. The second-order valence-corrected chi connectivity index (χ2v) is 8.71. The van der Waals surface area contributed by atoms with Gasteiger partial charge < -0.3 is 25.2 Å². The van der Waals surface area contributed by atoms with E-state index >= 15 is 0 Å². The Morgan fingerprint density at radius 3 is 2.73 bits per heavy atom. The zero-order valence-electron chi connectivity index (χ0n) is 19.8. The lowest BCUT2D eigenvalue weighted by atomic mass is 10.0. The van der Waals surface area contributed by atoms with Gasteiger partial charge in [0.05, 0.1) is 30.7 Å². The van der Waals surface area contributed by atoms with Crippen molar-refractivity contribution >= 4 is 29.3 Å². The maximum absolute atomic E-state index is 13.3. The first kappa shape index (κ1) is 26.3. The Hall–Kier alpha value is -3.72. The molecule has 4 N–H and O–H groups in total. The molecule has 3 atom stereocenters. The Balaban J connectivity index is 1.54. The van der Waals surface area contributed by atoms with Gasteiger partial charge in [0.1, 0.15) is 30.3 Å². The number of aliphatic hydroxyl groups excluding tert-OH is 2. The molecule has 2 aromatic heterocycles. The summed E-state index contributed by atoms with van der Waals surface area (Å²) in [5.74, 6) is -0.980. The van der Waals surface area contributed by atoms with Crippen molar-refractivity contribution in [2.45, 2.75) is 44.1 Å². The molecule has 0 radical (unpaired) electrons. The number of rotatable bonds is 7. The molecule has 2 aromatic rings. The van der Waals surface area contributed by atoms with Crippen LogP contribution in [-0.2, 0) is 0 Å². The molecule has 4 heterocycles. The van der Waals surface area contributed by atoms with Crippen LogP contribution in [0, 0.1) is 0 Å². The van der Waals surface area contributed by atoms with Crippen LogP contribution in [-0.4, -0.2) is 87.8 Å². The number of piperidine rings is 1. The first-order valence-electron chi connectivity index (χ1n) is 11.5. The molecule has 0 spiro atoms. The number of fused-ring (bicyclic) bond motifs is 4. The molecule has 1 saturated heterocycles. The Kier molecular flexibility index (Phi) is 7.63. The smallest absolute Gasteiger partial charge is 0.408 e. The predicted molar refractivity (Wildman–Crippen MR) is 125 cm³/mol. The van der Waals surface area contributed by atoms with Crippen molar-refractivity contribution in [2.24, 2.45) is 0 Å². The molecule has 200 valence electrons. The third-order valence-electron chi connectivity index (χ3n) is 5.97. The number of alkyl halides is 3. The van der Waals surface area contributed by atoms with Gasteiger partial charge in [-0.3, -0.25) is 15.0 Å². The van der Waals surface area contributed by atoms with Crippen molar-refractivity contribution in [3.05, 3.63) is 30.4 Å². The summed E-state index contributed by atoms with van der Waals surface area (Å²) in [7, 11) is 0. The number of carbonyl (C=O) groups is 2. The number of nitrogens with one attached hydrogen (secondary N) is 2. The topological polar surface area (TPSA) is 153 Å². The highest BCUT2D eigenvalue weighted by Crippen LogP contribution is 2.37. The number of aromatic nitrogens is 3. The number of halogens is 3. The monoisotopic (exact) mass is 525 g/mol. The Labute approximate surface area is 209 Å². The zero-order valence-corrected chi connectivity index (χ0v) is 19.8. The quantitative estimate of drug-likeness (QED) is 0.419. The zero-order chi connectivity index (χ0) is 26.7. The molecule has 1 fully saturated rings. The molecule has 0 aromatic carbocycles. The second kappa shape index (κ2) is 10.7. The Morgan fingerprint density at radius 2 is 2.05 bits per heavy atom. The minimum atomic E-state index is -4.63. The largest absolute Gasteiger partial charge is 0.489 e. The van der Waals surface area contributed by atoms with E-state index in [0.717, 1.165) is 13.3 Å². The Bertz CT molecular complexity index is 1130. The predicted octanol–water partition coefficient (Wildman–Crippen LogP) is 1.31. The maximum atomic E-state index is 13.3. The first-order valence-corrected chi connectivity index (χ1v) is 11.5. The van der Waals surface area contributed by atoms with Crippen LogP contribution in [0.15, 0.2) is 24.5 Å². The molecule has 4 rings (SSSR count). The van der Waals surface area contributed by atoms with E-state index in [-0.39, 0.29) is 24.3 Å². The van der Waals surface area contributed by atoms with E-state index in [9.17, 15) is 27.9 Å². The van der Waals surface area contributed by atoms with Crippen molar-refractivity contribution in [1.29, 1.82) is 0 Å². The number of anilines is 3. The minimum Gasteiger partial charge on any atom is -0.489 e.